The molecule has 7 heteroatoms. The molecule has 1 unspecified atom stereocenters. The summed E-state index contributed by atoms with van der Waals surface area (Å²) in [7, 11) is -3.13. The number of hydrogen-bond donors (Lipinski definition) is 0. The molecule has 1 aromatic heterocycles. The molecule has 0 bridgehead atoms. The van der Waals surface area contributed by atoms with E-state index in [1.165, 1.54) is 4.31 Å². The van der Waals surface area contributed by atoms with Gasteiger partial charge in [0.25, 0.3) is 0 Å². The van der Waals surface area contributed by atoms with Crippen molar-refractivity contribution in [2.24, 2.45) is 0 Å². The van der Waals surface area contributed by atoms with Gasteiger partial charge in [-0.2, -0.15) is 9.29 Å². The Labute approximate surface area is 101 Å². The maximum absolute atomic E-state index is 11.8. The molecular weight excluding hydrogens is 242 g/mol. The zero-order valence-electron chi connectivity index (χ0n) is 10.3. The molecule has 0 saturated carbocycles. The second-order valence-corrected chi connectivity index (χ2v) is 6.74. The molecule has 0 aromatic carbocycles. The molecule has 1 saturated heterocycles. The summed E-state index contributed by atoms with van der Waals surface area (Å²) in [6.45, 7) is 6.01. The summed E-state index contributed by atoms with van der Waals surface area (Å²) >= 11 is 0. The van der Waals surface area contributed by atoms with Crippen LogP contribution < -0.4 is 0 Å². The molecule has 0 radical (unpaired) electrons. The molecule has 96 valence electrons. The van der Waals surface area contributed by atoms with Gasteiger partial charge in [0.15, 0.2) is 5.82 Å². The van der Waals surface area contributed by atoms with Crippen LogP contribution in [0.1, 0.15) is 44.8 Å². The summed E-state index contributed by atoms with van der Waals surface area (Å²) in [6.07, 6.45) is 0.664. The fourth-order valence-corrected chi connectivity index (χ4v) is 3.65. The predicted molar refractivity (Wildman–Crippen MR) is 61.8 cm³/mol. The quantitative estimate of drug-likeness (QED) is 0.813. The molecule has 0 spiro atoms. The minimum Gasteiger partial charge on any atom is -0.339 e. The third-order valence-electron chi connectivity index (χ3n) is 2.92. The predicted octanol–water partition coefficient (Wildman–Crippen LogP) is 1.12. The van der Waals surface area contributed by atoms with Gasteiger partial charge in [-0.25, -0.2) is 8.42 Å². The van der Waals surface area contributed by atoms with Gasteiger partial charge in [0.05, 0.1) is 12.3 Å². The van der Waals surface area contributed by atoms with Crippen LogP contribution in [0.4, 0.5) is 0 Å². The summed E-state index contributed by atoms with van der Waals surface area (Å²) < 4.78 is 30.0. The minimum absolute atomic E-state index is 0.0148. The van der Waals surface area contributed by atoms with Crippen molar-refractivity contribution < 1.29 is 12.9 Å². The van der Waals surface area contributed by atoms with Crippen molar-refractivity contribution in [1.29, 1.82) is 0 Å². The molecule has 17 heavy (non-hydrogen) atoms. The Morgan fingerprint density at radius 3 is 2.71 bits per heavy atom. The van der Waals surface area contributed by atoms with Crippen molar-refractivity contribution in [2.75, 3.05) is 5.75 Å². The van der Waals surface area contributed by atoms with Gasteiger partial charge >= 0.3 is 0 Å². The van der Waals surface area contributed by atoms with Crippen LogP contribution >= 0.6 is 0 Å². The first-order chi connectivity index (χ1) is 7.90. The van der Waals surface area contributed by atoms with Crippen LogP contribution in [-0.4, -0.2) is 34.7 Å². The van der Waals surface area contributed by atoms with Gasteiger partial charge in [0.2, 0.25) is 15.9 Å². The third-order valence-corrected chi connectivity index (χ3v) is 4.87. The first-order valence-corrected chi connectivity index (χ1v) is 7.33. The molecule has 0 aliphatic carbocycles. The number of sulfonamides is 1. The lowest BCUT2D eigenvalue weighted by Gasteiger charge is -2.17. The van der Waals surface area contributed by atoms with Crippen LogP contribution in [0.5, 0.6) is 0 Å². The van der Waals surface area contributed by atoms with Crippen molar-refractivity contribution in [1.82, 2.24) is 14.4 Å². The Kier molecular flexibility index (Phi) is 3.22. The SMILES string of the molecule is CC(C)c1nc(CN2C(C)CCS2(=O)=O)no1. The maximum atomic E-state index is 11.8. The summed E-state index contributed by atoms with van der Waals surface area (Å²) in [5.74, 6) is 1.35. The number of aromatic nitrogens is 2. The van der Waals surface area contributed by atoms with E-state index in [-0.39, 0.29) is 24.3 Å². The fourth-order valence-electron chi connectivity index (χ4n) is 1.81. The highest BCUT2D eigenvalue weighted by Crippen LogP contribution is 2.23. The first kappa shape index (κ1) is 12.5. The van der Waals surface area contributed by atoms with Crippen molar-refractivity contribution in [3.8, 4) is 0 Å². The second-order valence-electron chi connectivity index (χ2n) is 4.70. The van der Waals surface area contributed by atoms with Crippen molar-refractivity contribution in [3.63, 3.8) is 0 Å². The topological polar surface area (TPSA) is 76.3 Å². The smallest absolute Gasteiger partial charge is 0.229 e. The molecule has 6 nitrogen and oxygen atoms in total. The van der Waals surface area contributed by atoms with Crippen molar-refractivity contribution in [2.45, 2.75) is 45.7 Å². The van der Waals surface area contributed by atoms with Gasteiger partial charge in [0, 0.05) is 12.0 Å². The fraction of sp³-hybridized carbons (Fsp3) is 0.800. The Bertz CT molecular complexity index is 495. The summed E-state index contributed by atoms with van der Waals surface area (Å²) in [4.78, 5) is 4.19. The van der Waals surface area contributed by atoms with Gasteiger partial charge < -0.3 is 4.52 Å². The standard InChI is InChI=1S/C10H17N3O3S/c1-7(2)10-11-9(12-16-10)6-13-8(3)4-5-17(13,14)15/h7-8H,4-6H2,1-3H3. The molecule has 1 aliphatic rings. The zero-order valence-corrected chi connectivity index (χ0v) is 11.1. The van der Waals surface area contributed by atoms with E-state index in [1.807, 2.05) is 20.8 Å². The van der Waals surface area contributed by atoms with E-state index in [0.29, 0.717) is 18.1 Å². The normalized spacial score (nSPS) is 24.6. The molecule has 1 fully saturated rings. The van der Waals surface area contributed by atoms with E-state index in [0.717, 1.165) is 0 Å². The van der Waals surface area contributed by atoms with Crippen LogP contribution in [0.2, 0.25) is 0 Å². The van der Waals surface area contributed by atoms with Crippen LogP contribution in [0.15, 0.2) is 4.52 Å². The van der Waals surface area contributed by atoms with E-state index in [2.05, 4.69) is 10.1 Å². The maximum Gasteiger partial charge on any atom is 0.229 e. The van der Waals surface area contributed by atoms with Crippen molar-refractivity contribution >= 4 is 10.0 Å². The van der Waals surface area contributed by atoms with Crippen LogP contribution in [0.25, 0.3) is 0 Å². The highest BCUT2D eigenvalue weighted by Gasteiger charge is 2.35. The third kappa shape index (κ3) is 2.50. The number of nitrogens with zero attached hydrogens (tertiary/aromatic N) is 3. The average Bonchev–Trinajstić information content (AvgIpc) is 2.79. The summed E-state index contributed by atoms with van der Waals surface area (Å²) in [5, 5.41) is 3.81. The van der Waals surface area contributed by atoms with Crippen LogP contribution in [-0.2, 0) is 16.6 Å². The lowest BCUT2D eigenvalue weighted by atomic mass is 10.2. The average molecular weight is 259 g/mol. The van der Waals surface area contributed by atoms with Crippen LogP contribution in [0.3, 0.4) is 0 Å². The molecule has 1 aliphatic heterocycles. The first-order valence-electron chi connectivity index (χ1n) is 5.72. The van der Waals surface area contributed by atoms with E-state index in [4.69, 9.17) is 4.52 Å². The van der Waals surface area contributed by atoms with E-state index < -0.39 is 10.0 Å². The van der Waals surface area contributed by atoms with E-state index >= 15 is 0 Å². The van der Waals surface area contributed by atoms with E-state index in [1.54, 1.807) is 0 Å². The van der Waals surface area contributed by atoms with E-state index in [9.17, 15) is 8.42 Å². The molecule has 1 atom stereocenters. The van der Waals surface area contributed by atoms with Crippen LogP contribution in [0, 0.1) is 0 Å². The highest BCUT2D eigenvalue weighted by molar-refractivity contribution is 7.89. The van der Waals surface area contributed by atoms with Gasteiger partial charge in [-0.1, -0.05) is 19.0 Å². The lowest BCUT2D eigenvalue weighted by Crippen LogP contribution is -2.31. The number of rotatable bonds is 3. The Morgan fingerprint density at radius 1 is 1.53 bits per heavy atom. The summed E-state index contributed by atoms with van der Waals surface area (Å²) in [6, 6.07) is 0.0148. The minimum atomic E-state index is -3.13. The zero-order chi connectivity index (χ0) is 12.6. The van der Waals surface area contributed by atoms with Crippen molar-refractivity contribution in [3.05, 3.63) is 11.7 Å². The lowest BCUT2D eigenvalue weighted by molar-refractivity contribution is 0.329. The second kappa shape index (κ2) is 4.38. The Hall–Kier alpha value is -0.950. The van der Waals surface area contributed by atoms with Gasteiger partial charge in [-0.15, -0.1) is 0 Å². The molecule has 1 aromatic rings. The van der Waals surface area contributed by atoms with Gasteiger partial charge in [0.1, 0.15) is 0 Å². The Balaban J connectivity index is 2.15. The Morgan fingerprint density at radius 2 is 2.24 bits per heavy atom. The number of hydrogen-bond acceptors (Lipinski definition) is 5. The monoisotopic (exact) mass is 259 g/mol. The summed E-state index contributed by atoms with van der Waals surface area (Å²) in [5.41, 5.74) is 0. The molecule has 2 rings (SSSR count). The molecule has 0 N–H and O–H groups in total. The molecule has 2 heterocycles. The molecule has 0 amide bonds. The largest absolute Gasteiger partial charge is 0.339 e. The highest BCUT2D eigenvalue weighted by atomic mass is 32.2. The van der Waals surface area contributed by atoms with Gasteiger partial charge in [-0.05, 0) is 13.3 Å². The molecular formula is C10H17N3O3S. The van der Waals surface area contributed by atoms with Gasteiger partial charge in [-0.3, -0.25) is 0 Å².